The summed E-state index contributed by atoms with van der Waals surface area (Å²) >= 11 is 0. The van der Waals surface area contributed by atoms with Gasteiger partial charge < -0.3 is 9.88 Å². The lowest BCUT2D eigenvalue weighted by molar-refractivity contribution is -0.123. The highest BCUT2D eigenvalue weighted by Gasteiger charge is 2.33. The van der Waals surface area contributed by atoms with Gasteiger partial charge in [0.25, 0.3) is 5.91 Å². The molecule has 2 heterocycles. The van der Waals surface area contributed by atoms with Gasteiger partial charge in [0.2, 0.25) is 0 Å². The third-order valence-electron chi connectivity index (χ3n) is 4.59. The zero-order valence-corrected chi connectivity index (χ0v) is 16.0. The number of hydrogen-bond acceptors (Lipinski definition) is 2. The number of amides is 3. The summed E-state index contributed by atoms with van der Waals surface area (Å²) in [5, 5.41) is 2.71. The van der Waals surface area contributed by atoms with E-state index in [4.69, 9.17) is 0 Å². The number of carbonyl (C=O) groups excluding carboxylic acids is 2. The fraction of sp³-hybridized carbons (Fsp3) is 0.333. The molecule has 2 aromatic rings. The maximum absolute atomic E-state index is 12.7. The number of benzene rings is 1. The molecule has 3 amide bonds. The molecule has 1 aromatic heterocycles. The summed E-state index contributed by atoms with van der Waals surface area (Å²) in [7, 11) is 0. The van der Waals surface area contributed by atoms with Crippen LogP contribution in [-0.4, -0.2) is 21.4 Å². The van der Waals surface area contributed by atoms with Crippen molar-refractivity contribution < 1.29 is 9.59 Å². The van der Waals surface area contributed by atoms with Crippen LogP contribution in [0.3, 0.4) is 0 Å². The van der Waals surface area contributed by atoms with Crippen molar-refractivity contribution in [2.45, 2.75) is 46.7 Å². The number of rotatable bonds is 3. The molecule has 136 valence electrons. The summed E-state index contributed by atoms with van der Waals surface area (Å²) in [6.45, 7) is 10.8. The number of aromatic nitrogens is 1. The van der Waals surface area contributed by atoms with Crippen LogP contribution in [0, 0.1) is 13.8 Å². The van der Waals surface area contributed by atoms with E-state index in [0.717, 1.165) is 22.5 Å². The molecule has 3 rings (SSSR count). The molecule has 0 atom stereocenters. The van der Waals surface area contributed by atoms with Crippen molar-refractivity contribution in [3.05, 3.63) is 64.6 Å². The van der Waals surface area contributed by atoms with Gasteiger partial charge in [0.15, 0.2) is 0 Å². The maximum atomic E-state index is 12.7. The number of carbonyl (C=O) groups is 2. The monoisotopic (exact) mass is 351 g/mol. The molecule has 1 fully saturated rings. The molecule has 26 heavy (non-hydrogen) atoms. The molecule has 0 bridgehead atoms. The lowest BCUT2D eigenvalue weighted by atomic mass is 10.1. The largest absolute Gasteiger partial charge is 0.343 e. The first-order valence-electron chi connectivity index (χ1n) is 8.76. The van der Waals surface area contributed by atoms with Crippen molar-refractivity contribution in [1.29, 1.82) is 0 Å². The third kappa shape index (κ3) is 3.29. The molecule has 0 saturated carbocycles. The van der Waals surface area contributed by atoms with Crippen molar-refractivity contribution >= 4 is 18.0 Å². The summed E-state index contributed by atoms with van der Waals surface area (Å²) < 4.78 is 2.24. The Hall–Kier alpha value is -2.82. The number of urea groups is 1. The van der Waals surface area contributed by atoms with Crippen LogP contribution < -0.4 is 5.32 Å². The minimum atomic E-state index is -0.380. The maximum Gasteiger partial charge on any atom is 0.329 e. The van der Waals surface area contributed by atoms with Gasteiger partial charge in [-0.3, -0.25) is 9.69 Å². The number of nitrogens with one attached hydrogen (secondary N) is 1. The van der Waals surface area contributed by atoms with Crippen molar-refractivity contribution in [2.75, 3.05) is 0 Å². The average molecular weight is 351 g/mol. The summed E-state index contributed by atoms with van der Waals surface area (Å²) in [4.78, 5) is 26.2. The van der Waals surface area contributed by atoms with Crippen LogP contribution in [0.4, 0.5) is 4.79 Å². The quantitative estimate of drug-likeness (QED) is 0.672. The van der Waals surface area contributed by atoms with E-state index in [0.29, 0.717) is 5.70 Å². The van der Waals surface area contributed by atoms with E-state index in [2.05, 4.69) is 37.6 Å². The summed E-state index contributed by atoms with van der Waals surface area (Å²) in [6.07, 6.45) is 1.77. The van der Waals surface area contributed by atoms with Crippen LogP contribution in [-0.2, 0) is 16.9 Å². The van der Waals surface area contributed by atoms with Gasteiger partial charge in [-0.15, -0.1) is 0 Å². The number of aryl methyl sites for hydroxylation is 1. The lowest BCUT2D eigenvalue weighted by Crippen LogP contribution is -2.30. The predicted molar refractivity (Wildman–Crippen MR) is 102 cm³/mol. The Kier molecular flexibility index (Phi) is 4.48. The van der Waals surface area contributed by atoms with Crippen LogP contribution in [0.25, 0.3) is 6.08 Å². The Morgan fingerprint density at radius 1 is 1.08 bits per heavy atom. The van der Waals surface area contributed by atoms with Gasteiger partial charge in [-0.25, -0.2) is 4.79 Å². The van der Waals surface area contributed by atoms with Crippen molar-refractivity contribution in [3.8, 4) is 0 Å². The lowest BCUT2D eigenvalue weighted by Gasteiger charge is -2.25. The fourth-order valence-corrected chi connectivity index (χ4v) is 3.60. The molecule has 1 saturated heterocycles. The Labute approximate surface area is 154 Å². The van der Waals surface area contributed by atoms with E-state index >= 15 is 0 Å². The summed E-state index contributed by atoms with van der Waals surface area (Å²) in [6, 6.07) is 11.2. The van der Waals surface area contributed by atoms with E-state index in [1.54, 1.807) is 6.08 Å². The molecule has 1 aliphatic rings. The molecule has 1 aromatic carbocycles. The van der Waals surface area contributed by atoms with Gasteiger partial charge in [-0.1, -0.05) is 30.3 Å². The second-order valence-electron chi connectivity index (χ2n) is 7.70. The number of imide groups is 1. The van der Waals surface area contributed by atoms with Crippen LogP contribution in [0.15, 0.2) is 42.1 Å². The second-order valence-corrected chi connectivity index (χ2v) is 7.70. The Balaban J connectivity index is 1.89. The smallest absolute Gasteiger partial charge is 0.329 e. The number of hydrogen-bond donors (Lipinski definition) is 1. The molecule has 0 radical (unpaired) electrons. The fourth-order valence-electron chi connectivity index (χ4n) is 3.60. The molecule has 0 spiro atoms. The first-order valence-corrected chi connectivity index (χ1v) is 8.76. The highest BCUT2D eigenvalue weighted by Crippen LogP contribution is 2.26. The molecule has 0 aliphatic carbocycles. The molecule has 1 aliphatic heterocycles. The first-order chi connectivity index (χ1) is 12.2. The van der Waals surface area contributed by atoms with E-state index < -0.39 is 0 Å². The molecule has 0 unspecified atom stereocenters. The van der Waals surface area contributed by atoms with Crippen molar-refractivity contribution in [2.24, 2.45) is 0 Å². The van der Waals surface area contributed by atoms with Crippen LogP contribution in [0.1, 0.15) is 43.3 Å². The Morgan fingerprint density at radius 3 is 2.31 bits per heavy atom. The van der Waals surface area contributed by atoms with Gasteiger partial charge >= 0.3 is 6.03 Å². The van der Waals surface area contributed by atoms with Gasteiger partial charge in [-0.05, 0) is 57.9 Å². The highest BCUT2D eigenvalue weighted by molar-refractivity contribution is 6.13. The van der Waals surface area contributed by atoms with Crippen LogP contribution in [0.5, 0.6) is 0 Å². The third-order valence-corrected chi connectivity index (χ3v) is 4.59. The Morgan fingerprint density at radius 2 is 1.73 bits per heavy atom. The minimum Gasteiger partial charge on any atom is -0.343 e. The van der Waals surface area contributed by atoms with Crippen LogP contribution in [0.2, 0.25) is 0 Å². The van der Waals surface area contributed by atoms with Crippen LogP contribution >= 0.6 is 0 Å². The SMILES string of the molecule is Cc1cc(/C=C2/NC(=O)N(Cc3ccccc3)C2=O)c(C)n1C(C)(C)C. The van der Waals surface area contributed by atoms with E-state index in [9.17, 15) is 9.59 Å². The molecule has 5 heteroatoms. The van der Waals surface area contributed by atoms with E-state index in [1.807, 2.05) is 43.3 Å². The molecular formula is C21H25N3O2. The van der Waals surface area contributed by atoms with Gasteiger partial charge in [-0.2, -0.15) is 0 Å². The van der Waals surface area contributed by atoms with E-state index in [1.165, 1.54) is 4.90 Å². The molecule has 1 N–H and O–H groups in total. The summed E-state index contributed by atoms with van der Waals surface area (Å²) in [5.41, 5.74) is 4.34. The minimum absolute atomic E-state index is 0.0484. The van der Waals surface area contributed by atoms with Gasteiger partial charge in [0, 0.05) is 16.9 Å². The molecular weight excluding hydrogens is 326 g/mol. The van der Waals surface area contributed by atoms with Gasteiger partial charge in [0.05, 0.1) is 6.54 Å². The zero-order valence-electron chi connectivity index (χ0n) is 16.0. The zero-order chi connectivity index (χ0) is 19.1. The first kappa shape index (κ1) is 18.0. The van der Waals surface area contributed by atoms with Crippen molar-refractivity contribution in [3.63, 3.8) is 0 Å². The highest BCUT2D eigenvalue weighted by atomic mass is 16.2. The predicted octanol–water partition coefficient (Wildman–Crippen LogP) is 3.95. The topological polar surface area (TPSA) is 54.3 Å². The normalized spacial score (nSPS) is 16.5. The standard InChI is InChI=1S/C21H25N3O2/c1-14-11-17(15(2)24(14)21(3,4)5)12-18-19(25)23(20(26)22-18)13-16-9-7-6-8-10-16/h6-12H,13H2,1-5H3,(H,22,26)/b18-12+. The molecule has 5 nitrogen and oxygen atoms in total. The average Bonchev–Trinajstić information content (AvgIpc) is 2.98. The second kappa shape index (κ2) is 6.48. The van der Waals surface area contributed by atoms with E-state index in [-0.39, 0.29) is 24.0 Å². The van der Waals surface area contributed by atoms with Gasteiger partial charge in [0.1, 0.15) is 5.70 Å². The summed E-state index contributed by atoms with van der Waals surface area (Å²) in [5.74, 6) is -0.292. The van der Waals surface area contributed by atoms with Crippen molar-refractivity contribution in [1.82, 2.24) is 14.8 Å². The number of nitrogens with zero attached hydrogens (tertiary/aromatic N) is 2. The Bertz CT molecular complexity index is 886.